The summed E-state index contributed by atoms with van der Waals surface area (Å²) < 4.78 is 6.35. The number of nitrogens with zero attached hydrogens (tertiary/aromatic N) is 1. The molecule has 0 saturated carbocycles. The Kier molecular flexibility index (Phi) is 4.32. The number of halogens is 3. The molecule has 1 aromatic heterocycles. The summed E-state index contributed by atoms with van der Waals surface area (Å²) in [6, 6.07) is 5.15. The highest BCUT2D eigenvalue weighted by atomic mass is 79.9. The van der Waals surface area contributed by atoms with Crippen LogP contribution in [0.5, 0.6) is 5.75 Å². The number of anilines is 1. The van der Waals surface area contributed by atoms with E-state index in [0.717, 1.165) is 5.56 Å². The highest BCUT2D eigenvalue weighted by Crippen LogP contribution is 2.35. The van der Waals surface area contributed by atoms with Gasteiger partial charge in [0.2, 0.25) is 0 Å². The molecule has 2 aromatic rings. The molecule has 0 aliphatic rings. The molecule has 0 unspecified atom stereocenters. The van der Waals surface area contributed by atoms with Gasteiger partial charge >= 0.3 is 0 Å². The van der Waals surface area contributed by atoms with Crippen LogP contribution in [0.4, 0.5) is 5.69 Å². The van der Waals surface area contributed by atoms with E-state index >= 15 is 0 Å². The van der Waals surface area contributed by atoms with Crippen molar-refractivity contribution in [3.8, 4) is 5.75 Å². The molecule has 3 nitrogen and oxygen atoms in total. The van der Waals surface area contributed by atoms with Crippen molar-refractivity contribution >= 4 is 44.8 Å². The molecule has 0 bridgehead atoms. The molecule has 0 fully saturated rings. The molecule has 94 valence electrons. The summed E-state index contributed by atoms with van der Waals surface area (Å²) in [5.74, 6) is 0.548. The van der Waals surface area contributed by atoms with E-state index in [1.807, 2.05) is 0 Å². The van der Waals surface area contributed by atoms with Gasteiger partial charge in [0.15, 0.2) is 5.75 Å². The second kappa shape index (κ2) is 5.78. The fourth-order valence-corrected chi connectivity index (χ4v) is 2.53. The minimum Gasteiger partial charge on any atom is -0.485 e. The van der Waals surface area contributed by atoms with E-state index in [1.165, 1.54) is 0 Å². The zero-order valence-electron chi connectivity index (χ0n) is 9.16. The lowest BCUT2D eigenvalue weighted by molar-refractivity contribution is 0.306. The van der Waals surface area contributed by atoms with Crippen LogP contribution in [0.25, 0.3) is 0 Å². The zero-order chi connectivity index (χ0) is 13.1. The normalized spacial score (nSPS) is 10.4. The number of hydrogen-bond donors (Lipinski definition) is 1. The molecule has 18 heavy (non-hydrogen) atoms. The van der Waals surface area contributed by atoms with Crippen molar-refractivity contribution in [2.45, 2.75) is 6.61 Å². The van der Waals surface area contributed by atoms with Crippen LogP contribution in [0, 0.1) is 0 Å². The van der Waals surface area contributed by atoms with E-state index in [0.29, 0.717) is 32.6 Å². The van der Waals surface area contributed by atoms with E-state index in [9.17, 15) is 0 Å². The lowest BCUT2D eigenvalue weighted by atomic mass is 10.2. The largest absolute Gasteiger partial charge is 0.485 e. The van der Waals surface area contributed by atoms with Gasteiger partial charge in [0, 0.05) is 23.0 Å². The van der Waals surface area contributed by atoms with Crippen LogP contribution in [0.15, 0.2) is 35.1 Å². The number of nitrogens with two attached hydrogens (primary N) is 1. The van der Waals surface area contributed by atoms with Crippen LogP contribution in [0.1, 0.15) is 5.56 Å². The first-order chi connectivity index (χ1) is 8.58. The van der Waals surface area contributed by atoms with Gasteiger partial charge in [-0.15, -0.1) is 0 Å². The number of rotatable bonds is 3. The van der Waals surface area contributed by atoms with Crippen molar-refractivity contribution in [2.75, 3.05) is 5.73 Å². The molecular formula is C12H9BrCl2N2O. The summed E-state index contributed by atoms with van der Waals surface area (Å²) >= 11 is 15.2. The quantitative estimate of drug-likeness (QED) is 0.841. The number of nitrogen functional groups attached to an aromatic ring is 1. The zero-order valence-corrected chi connectivity index (χ0v) is 12.3. The van der Waals surface area contributed by atoms with Gasteiger partial charge in [-0.3, -0.25) is 4.98 Å². The Morgan fingerprint density at radius 3 is 2.78 bits per heavy atom. The fraction of sp³-hybridized carbons (Fsp3) is 0.0833. The first-order valence-corrected chi connectivity index (χ1v) is 6.58. The van der Waals surface area contributed by atoms with Crippen LogP contribution in [-0.4, -0.2) is 4.98 Å². The molecule has 0 saturated heterocycles. The van der Waals surface area contributed by atoms with Crippen LogP contribution >= 0.6 is 39.1 Å². The van der Waals surface area contributed by atoms with Gasteiger partial charge in [0.25, 0.3) is 0 Å². The topological polar surface area (TPSA) is 48.1 Å². The Balaban J connectivity index is 2.19. The van der Waals surface area contributed by atoms with Crippen molar-refractivity contribution in [3.63, 3.8) is 0 Å². The van der Waals surface area contributed by atoms with Gasteiger partial charge in [-0.25, -0.2) is 0 Å². The minimum atomic E-state index is 0.311. The standard InChI is InChI=1S/C12H9BrCl2N2O/c13-9-3-8(14)4-11(16)12(9)18-6-7-1-2-17-5-10(7)15/h1-5H,6,16H2. The Morgan fingerprint density at radius 1 is 1.33 bits per heavy atom. The number of aromatic nitrogens is 1. The van der Waals surface area contributed by atoms with E-state index in [1.54, 1.807) is 30.6 Å². The predicted octanol–water partition coefficient (Wildman–Crippen LogP) is 4.31. The third-order valence-electron chi connectivity index (χ3n) is 2.27. The van der Waals surface area contributed by atoms with Crippen molar-refractivity contribution < 1.29 is 4.74 Å². The predicted molar refractivity (Wildman–Crippen MR) is 77.1 cm³/mol. The minimum absolute atomic E-state index is 0.311. The van der Waals surface area contributed by atoms with Gasteiger partial charge in [-0.1, -0.05) is 23.2 Å². The van der Waals surface area contributed by atoms with Gasteiger partial charge in [0.1, 0.15) is 6.61 Å². The Hall–Kier alpha value is -0.970. The maximum Gasteiger partial charge on any atom is 0.156 e. The van der Waals surface area contributed by atoms with Crippen LogP contribution < -0.4 is 10.5 Å². The van der Waals surface area contributed by atoms with E-state index < -0.39 is 0 Å². The molecule has 0 atom stereocenters. The van der Waals surface area contributed by atoms with Crippen molar-refractivity contribution in [3.05, 3.63) is 50.7 Å². The van der Waals surface area contributed by atoms with Crippen LogP contribution in [0.3, 0.4) is 0 Å². The third-order valence-corrected chi connectivity index (χ3v) is 3.41. The third kappa shape index (κ3) is 3.07. The van der Waals surface area contributed by atoms with E-state index in [2.05, 4.69) is 20.9 Å². The molecule has 0 aliphatic heterocycles. The lowest BCUT2D eigenvalue weighted by Crippen LogP contribution is -2.00. The van der Waals surface area contributed by atoms with Crippen LogP contribution in [-0.2, 0) is 6.61 Å². The van der Waals surface area contributed by atoms with Crippen molar-refractivity contribution in [1.29, 1.82) is 0 Å². The molecule has 0 radical (unpaired) electrons. The summed E-state index contributed by atoms with van der Waals surface area (Å²) in [5, 5.41) is 1.11. The number of benzene rings is 1. The molecule has 1 heterocycles. The first-order valence-electron chi connectivity index (χ1n) is 5.03. The van der Waals surface area contributed by atoms with E-state index in [4.69, 9.17) is 33.7 Å². The first kappa shape index (κ1) is 13.5. The Morgan fingerprint density at radius 2 is 2.11 bits per heavy atom. The molecule has 0 amide bonds. The smallest absolute Gasteiger partial charge is 0.156 e. The molecule has 2 rings (SSSR count). The highest BCUT2D eigenvalue weighted by molar-refractivity contribution is 9.10. The monoisotopic (exact) mass is 346 g/mol. The maximum atomic E-state index is 5.99. The summed E-state index contributed by atoms with van der Waals surface area (Å²) in [6.45, 7) is 0.311. The average molecular weight is 348 g/mol. The average Bonchev–Trinajstić information content (AvgIpc) is 2.30. The maximum absolute atomic E-state index is 5.99. The van der Waals surface area contributed by atoms with Gasteiger partial charge in [-0.2, -0.15) is 0 Å². The highest BCUT2D eigenvalue weighted by Gasteiger charge is 2.09. The summed E-state index contributed by atoms with van der Waals surface area (Å²) in [7, 11) is 0. The van der Waals surface area contributed by atoms with Gasteiger partial charge < -0.3 is 10.5 Å². The SMILES string of the molecule is Nc1cc(Cl)cc(Br)c1OCc1ccncc1Cl. The van der Waals surface area contributed by atoms with Gasteiger partial charge in [0.05, 0.1) is 15.2 Å². The van der Waals surface area contributed by atoms with E-state index in [-0.39, 0.29) is 0 Å². The molecular weight excluding hydrogens is 339 g/mol. The number of ether oxygens (including phenoxy) is 1. The molecule has 0 spiro atoms. The Labute approximate surface area is 123 Å². The molecule has 0 aliphatic carbocycles. The van der Waals surface area contributed by atoms with Crippen molar-refractivity contribution in [1.82, 2.24) is 4.98 Å². The second-order valence-corrected chi connectivity index (χ2v) is 5.26. The lowest BCUT2D eigenvalue weighted by Gasteiger charge is -2.12. The summed E-state index contributed by atoms with van der Waals surface area (Å²) in [6.07, 6.45) is 3.23. The Bertz CT molecular complexity index is 555. The number of pyridine rings is 1. The molecule has 6 heteroatoms. The van der Waals surface area contributed by atoms with Crippen LogP contribution in [0.2, 0.25) is 10.0 Å². The fourth-order valence-electron chi connectivity index (χ4n) is 1.40. The number of hydrogen-bond acceptors (Lipinski definition) is 3. The molecule has 1 aromatic carbocycles. The van der Waals surface area contributed by atoms with Crippen molar-refractivity contribution in [2.24, 2.45) is 0 Å². The van der Waals surface area contributed by atoms with Gasteiger partial charge in [-0.05, 0) is 34.1 Å². The summed E-state index contributed by atoms with van der Waals surface area (Å²) in [4.78, 5) is 3.91. The molecule has 2 N–H and O–H groups in total. The summed E-state index contributed by atoms with van der Waals surface area (Å²) in [5.41, 5.74) is 7.15. The second-order valence-electron chi connectivity index (χ2n) is 3.56.